The van der Waals surface area contributed by atoms with E-state index in [0.29, 0.717) is 23.7 Å². The van der Waals surface area contributed by atoms with Crippen molar-refractivity contribution in [2.24, 2.45) is 0 Å². The molecule has 2 aromatic rings. The van der Waals surface area contributed by atoms with E-state index in [4.69, 9.17) is 5.11 Å². The summed E-state index contributed by atoms with van der Waals surface area (Å²) in [5.41, 5.74) is 1.86. The zero-order valence-corrected chi connectivity index (χ0v) is 10.6. The quantitative estimate of drug-likeness (QED) is 0.825. The van der Waals surface area contributed by atoms with Crippen molar-refractivity contribution in [3.05, 3.63) is 27.6 Å². The van der Waals surface area contributed by atoms with Gasteiger partial charge in [-0.25, -0.2) is 4.98 Å². The van der Waals surface area contributed by atoms with Crippen LogP contribution in [0.2, 0.25) is 0 Å². The van der Waals surface area contributed by atoms with E-state index in [1.807, 2.05) is 6.92 Å². The van der Waals surface area contributed by atoms with Crippen molar-refractivity contribution in [1.29, 1.82) is 0 Å². The molecule has 0 spiro atoms. The lowest BCUT2D eigenvalue weighted by Gasteiger charge is -2.16. The first-order valence-electron chi connectivity index (χ1n) is 5.36. The summed E-state index contributed by atoms with van der Waals surface area (Å²) in [6, 6.07) is 1.39. The second-order valence-corrected chi connectivity index (χ2v) is 4.53. The highest BCUT2D eigenvalue weighted by Crippen LogP contribution is 2.06. The Morgan fingerprint density at radius 3 is 3.06 bits per heavy atom. The van der Waals surface area contributed by atoms with Crippen molar-refractivity contribution in [2.45, 2.75) is 13.5 Å². The average Bonchev–Trinajstić information content (AvgIpc) is 2.76. The number of rotatable bonds is 5. The first-order valence-corrected chi connectivity index (χ1v) is 6.24. The standard InChI is InChI=1S/C10H12N4O3S/c1-2-13(5-9(16)17)4-7-3-8(15)14-10(12-7)18-6-11-14/h3,6H,2,4-5H2,1H3,(H,16,17). The van der Waals surface area contributed by atoms with Crippen LogP contribution in [0.4, 0.5) is 0 Å². The van der Waals surface area contributed by atoms with Gasteiger partial charge in [-0.05, 0) is 6.54 Å². The van der Waals surface area contributed by atoms with Crippen molar-refractivity contribution in [3.63, 3.8) is 0 Å². The molecule has 2 rings (SSSR count). The SMILES string of the molecule is CCN(CC(=O)O)Cc1cc(=O)n2ncsc2n1. The van der Waals surface area contributed by atoms with Gasteiger partial charge in [0.1, 0.15) is 5.51 Å². The molecular formula is C10H12N4O3S. The van der Waals surface area contributed by atoms with E-state index < -0.39 is 5.97 Å². The van der Waals surface area contributed by atoms with Crippen LogP contribution in [0.25, 0.3) is 4.96 Å². The van der Waals surface area contributed by atoms with Gasteiger partial charge in [0.15, 0.2) is 0 Å². The highest BCUT2D eigenvalue weighted by atomic mass is 32.1. The summed E-state index contributed by atoms with van der Waals surface area (Å²) in [6.07, 6.45) is 0. The number of nitrogens with zero attached hydrogens (tertiary/aromatic N) is 4. The first kappa shape index (κ1) is 12.7. The van der Waals surface area contributed by atoms with Crippen LogP contribution >= 0.6 is 11.3 Å². The second kappa shape index (κ2) is 5.23. The number of carboxylic acids is 1. The third kappa shape index (κ3) is 2.71. The van der Waals surface area contributed by atoms with Gasteiger partial charge in [-0.15, -0.1) is 0 Å². The van der Waals surface area contributed by atoms with Crippen LogP contribution in [-0.4, -0.2) is 43.7 Å². The summed E-state index contributed by atoms with van der Waals surface area (Å²) >= 11 is 1.27. The normalized spacial score (nSPS) is 11.2. The zero-order chi connectivity index (χ0) is 13.1. The van der Waals surface area contributed by atoms with Crippen LogP contribution < -0.4 is 5.56 Å². The van der Waals surface area contributed by atoms with Gasteiger partial charge in [0.2, 0.25) is 4.96 Å². The number of aromatic nitrogens is 3. The molecular weight excluding hydrogens is 256 g/mol. The van der Waals surface area contributed by atoms with E-state index in [9.17, 15) is 9.59 Å². The molecule has 0 unspecified atom stereocenters. The van der Waals surface area contributed by atoms with Crippen LogP contribution in [0.1, 0.15) is 12.6 Å². The lowest BCUT2D eigenvalue weighted by molar-refractivity contribution is -0.138. The van der Waals surface area contributed by atoms with Crippen LogP contribution in [0.5, 0.6) is 0 Å². The minimum absolute atomic E-state index is 0.0692. The third-order valence-electron chi connectivity index (χ3n) is 2.43. The summed E-state index contributed by atoms with van der Waals surface area (Å²) in [7, 11) is 0. The van der Waals surface area contributed by atoms with Gasteiger partial charge in [-0.2, -0.15) is 9.61 Å². The molecule has 0 saturated heterocycles. The molecule has 7 nitrogen and oxygen atoms in total. The molecule has 0 aliphatic heterocycles. The fourth-order valence-electron chi connectivity index (χ4n) is 1.58. The van der Waals surface area contributed by atoms with Crippen LogP contribution in [-0.2, 0) is 11.3 Å². The van der Waals surface area contributed by atoms with Gasteiger partial charge in [0, 0.05) is 12.6 Å². The Bertz CT molecular complexity index is 621. The van der Waals surface area contributed by atoms with Gasteiger partial charge in [0.05, 0.1) is 12.2 Å². The molecule has 18 heavy (non-hydrogen) atoms. The highest BCUT2D eigenvalue weighted by Gasteiger charge is 2.11. The van der Waals surface area contributed by atoms with Crippen molar-refractivity contribution in [2.75, 3.05) is 13.1 Å². The number of carbonyl (C=O) groups is 1. The monoisotopic (exact) mass is 268 g/mol. The molecule has 1 N–H and O–H groups in total. The maximum Gasteiger partial charge on any atom is 0.317 e. The Labute approximate surface area is 106 Å². The van der Waals surface area contributed by atoms with Crippen molar-refractivity contribution in [1.82, 2.24) is 19.5 Å². The van der Waals surface area contributed by atoms with Gasteiger partial charge in [-0.3, -0.25) is 14.5 Å². The van der Waals surface area contributed by atoms with Crippen LogP contribution in [0.3, 0.4) is 0 Å². The smallest absolute Gasteiger partial charge is 0.317 e. The molecule has 0 aromatic carbocycles. The molecule has 2 aromatic heterocycles. The molecule has 96 valence electrons. The van der Waals surface area contributed by atoms with E-state index in [2.05, 4.69) is 10.1 Å². The average molecular weight is 268 g/mol. The Balaban J connectivity index is 2.25. The summed E-state index contributed by atoms with van der Waals surface area (Å²) in [5, 5.41) is 12.6. The van der Waals surface area contributed by atoms with Crippen LogP contribution in [0, 0.1) is 0 Å². The van der Waals surface area contributed by atoms with Gasteiger partial charge in [0.25, 0.3) is 5.56 Å². The number of hydrogen-bond acceptors (Lipinski definition) is 6. The Hall–Kier alpha value is -1.80. The van der Waals surface area contributed by atoms with Gasteiger partial charge in [-0.1, -0.05) is 18.3 Å². The number of fused-ring (bicyclic) bond motifs is 1. The summed E-state index contributed by atoms with van der Waals surface area (Å²) < 4.78 is 1.22. The Kier molecular flexibility index (Phi) is 3.68. The molecule has 2 heterocycles. The molecule has 0 saturated carbocycles. The fraction of sp³-hybridized carbons (Fsp3) is 0.400. The van der Waals surface area contributed by atoms with Gasteiger partial charge >= 0.3 is 5.97 Å². The first-order chi connectivity index (χ1) is 8.60. The van der Waals surface area contributed by atoms with Crippen LogP contribution in [0.15, 0.2) is 16.4 Å². The van der Waals surface area contributed by atoms with E-state index >= 15 is 0 Å². The second-order valence-electron chi connectivity index (χ2n) is 3.72. The van der Waals surface area contributed by atoms with E-state index in [-0.39, 0.29) is 12.1 Å². The minimum atomic E-state index is -0.896. The number of carboxylic acid groups (broad SMARTS) is 1. The largest absolute Gasteiger partial charge is 0.480 e. The molecule has 0 atom stereocenters. The predicted molar refractivity (Wildman–Crippen MR) is 65.7 cm³/mol. The lowest BCUT2D eigenvalue weighted by Crippen LogP contribution is -2.30. The summed E-state index contributed by atoms with van der Waals surface area (Å²) in [4.78, 5) is 28.8. The Morgan fingerprint density at radius 1 is 1.61 bits per heavy atom. The number of likely N-dealkylation sites (N-methyl/N-ethyl adjacent to an activating group) is 1. The number of hydrogen-bond donors (Lipinski definition) is 1. The van der Waals surface area contributed by atoms with E-state index in [1.165, 1.54) is 21.9 Å². The molecule has 0 aliphatic rings. The zero-order valence-electron chi connectivity index (χ0n) is 9.74. The van der Waals surface area contributed by atoms with E-state index in [0.717, 1.165) is 0 Å². The Morgan fingerprint density at radius 2 is 2.39 bits per heavy atom. The molecule has 0 bridgehead atoms. The molecule has 8 heteroatoms. The predicted octanol–water partition coefficient (Wildman–Crippen LogP) is 0.0575. The van der Waals surface area contributed by atoms with Crippen molar-refractivity contribution >= 4 is 22.3 Å². The van der Waals surface area contributed by atoms with Crippen molar-refractivity contribution in [3.8, 4) is 0 Å². The third-order valence-corrected chi connectivity index (χ3v) is 3.11. The van der Waals surface area contributed by atoms with Gasteiger partial charge < -0.3 is 5.11 Å². The molecule has 0 fully saturated rings. The summed E-state index contributed by atoms with van der Waals surface area (Å²) in [5.74, 6) is -0.896. The molecule has 0 aliphatic carbocycles. The fourth-order valence-corrected chi connectivity index (χ4v) is 2.22. The molecule has 0 amide bonds. The van der Waals surface area contributed by atoms with E-state index in [1.54, 1.807) is 10.4 Å². The lowest BCUT2D eigenvalue weighted by atomic mass is 10.3. The number of aliphatic carboxylic acids is 1. The topological polar surface area (TPSA) is 87.8 Å². The summed E-state index contributed by atoms with van der Waals surface area (Å²) in [6.45, 7) is 2.71. The maximum absolute atomic E-state index is 11.7. The molecule has 0 radical (unpaired) electrons. The van der Waals surface area contributed by atoms with Crippen molar-refractivity contribution < 1.29 is 9.90 Å². The highest BCUT2D eigenvalue weighted by molar-refractivity contribution is 7.14. The maximum atomic E-state index is 11.7. The minimum Gasteiger partial charge on any atom is -0.480 e.